The SMILES string of the molecule is CCNC(=NCC1CN2CCN1CC2)NC(C)c1ccc(OC)c(F)c1. The number of guanidine groups is 1. The highest BCUT2D eigenvalue weighted by Crippen LogP contribution is 2.21. The first-order valence-corrected chi connectivity index (χ1v) is 9.45. The van der Waals surface area contributed by atoms with Crippen LogP contribution in [0.4, 0.5) is 4.39 Å². The van der Waals surface area contributed by atoms with E-state index in [9.17, 15) is 4.39 Å². The summed E-state index contributed by atoms with van der Waals surface area (Å²) >= 11 is 0. The minimum atomic E-state index is -0.347. The zero-order valence-corrected chi connectivity index (χ0v) is 16.0. The first kappa shape index (κ1) is 18.9. The van der Waals surface area contributed by atoms with Crippen LogP contribution in [0.3, 0.4) is 0 Å². The lowest BCUT2D eigenvalue weighted by atomic mass is 10.1. The molecule has 2 atom stereocenters. The highest BCUT2D eigenvalue weighted by molar-refractivity contribution is 5.80. The Morgan fingerprint density at radius 1 is 1.35 bits per heavy atom. The van der Waals surface area contributed by atoms with Crippen molar-refractivity contribution in [2.75, 3.05) is 52.9 Å². The van der Waals surface area contributed by atoms with Gasteiger partial charge in [0.2, 0.25) is 0 Å². The van der Waals surface area contributed by atoms with E-state index in [1.165, 1.54) is 26.3 Å². The number of rotatable bonds is 6. The second-order valence-electron chi connectivity index (χ2n) is 6.97. The van der Waals surface area contributed by atoms with Gasteiger partial charge in [0.05, 0.1) is 19.7 Å². The normalized spacial score (nSPS) is 26.5. The molecule has 144 valence electrons. The second-order valence-corrected chi connectivity index (χ2v) is 6.97. The van der Waals surface area contributed by atoms with Gasteiger partial charge in [-0.05, 0) is 31.5 Å². The van der Waals surface area contributed by atoms with Gasteiger partial charge in [-0.25, -0.2) is 4.39 Å². The van der Waals surface area contributed by atoms with Gasteiger partial charge in [-0.2, -0.15) is 0 Å². The number of halogens is 1. The Morgan fingerprint density at radius 2 is 2.12 bits per heavy atom. The van der Waals surface area contributed by atoms with Crippen LogP contribution < -0.4 is 15.4 Å². The molecule has 7 heteroatoms. The topological polar surface area (TPSA) is 52.1 Å². The van der Waals surface area contributed by atoms with Crippen LogP contribution in [0.15, 0.2) is 23.2 Å². The molecule has 2 bridgehead atoms. The molecule has 1 aromatic carbocycles. The summed E-state index contributed by atoms with van der Waals surface area (Å²) in [5, 5.41) is 6.67. The lowest BCUT2D eigenvalue weighted by molar-refractivity contribution is 0.0174. The Kier molecular flexibility index (Phi) is 6.32. The molecule has 6 nitrogen and oxygen atoms in total. The number of piperazine rings is 3. The van der Waals surface area contributed by atoms with E-state index in [4.69, 9.17) is 9.73 Å². The fourth-order valence-electron chi connectivity index (χ4n) is 3.65. The second kappa shape index (κ2) is 8.68. The molecule has 0 saturated carbocycles. The average molecular weight is 363 g/mol. The van der Waals surface area contributed by atoms with Crippen LogP contribution in [0, 0.1) is 5.82 Å². The molecule has 0 radical (unpaired) electrons. The van der Waals surface area contributed by atoms with Gasteiger partial charge in [-0.1, -0.05) is 6.07 Å². The summed E-state index contributed by atoms with van der Waals surface area (Å²) < 4.78 is 19.0. The molecule has 0 spiro atoms. The molecule has 4 rings (SSSR count). The molecule has 0 amide bonds. The van der Waals surface area contributed by atoms with E-state index in [0.717, 1.165) is 44.2 Å². The van der Waals surface area contributed by atoms with Gasteiger partial charge >= 0.3 is 0 Å². The number of fused-ring (bicyclic) bond motifs is 3. The van der Waals surface area contributed by atoms with Crippen molar-refractivity contribution in [2.24, 2.45) is 4.99 Å². The van der Waals surface area contributed by atoms with E-state index in [-0.39, 0.29) is 17.6 Å². The van der Waals surface area contributed by atoms with Crippen molar-refractivity contribution in [3.8, 4) is 5.75 Å². The summed E-state index contributed by atoms with van der Waals surface area (Å²) in [6.07, 6.45) is 0. The smallest absolute Gasteiger partial charge is 0.191 e. The molecule has 2 N–H and O–H groups in total. The molecule has 3 fully saturated rings. The molecular formula is C19H30FN5O. The predicted octanol–water partition coefficient (Wildman–Crippen LogP) is 1.45. The van der Waals surface area contributed by atoms with Gasteiger partial charge in [-0.3, -0.25) is 14.8 Å². The van der Waals surface area contributed by atoms with Crippen molar-refractivity contribution < 1.29 is 9.13 Å². The summed E-state index contributed by atoms with van der Waals surface area (Å²) in [6.45, 7) is 11.4. The number of nitrogens with zero attached hydrogens (tertiary/aromatic N) is 3. The van der Waals surface area contributed by atoms with E-state index >= 15 is 0 Å². The van der Waals surface area contributed by atoms with Crippen molar-refractivity contribution in [1.29, 1.82) is 0 Å². The van der Waals surface area contributed by atoms with E-state index < -0.39 is 0 Å². The maximum absolute atomic E-state index is 14.0. The van der Waals surface area contributed by atoms with E-state index in [1.807, 2.05) is 19.9 Å². The number of nitrogens with one attached hydrogen (secondary N) is 2. The van der Waals surface area contributed by atoms with Gasteiger partial charge in [0.25, 0.3) is 0 Å². The van der Waals surface area contributed by atoms with Crippen molar-refractivity contribution in [3.05, 3.63) is 29.6 Å². The molecule has 26 heavy (non-hydrogen) atoms. The Balaban J connectivity index is 1.62. The fraction of sp³-hybridized carbons (Fsp3) is 0.632. The maximum Gasteiger partial charge on any atom is 0.191 e. The van der Waals surface area contributed by atoms with Gasteiger partial charge in [0.1, 0.15) is 0 Å². The summed E-state index contributed by atoms with van der Waals surface area (Å²) in [5.74, 6) is 0.687. The predicted molar refractivity (Wildman–Crippen MR) is 102 cm³/mol. The lowest BCUT2D eigenvalue weighted by Crippen LogP contribution is -2.62. The molecule has 1 aromatic rings. The minimum absolute atomic E-state index is 0.0555. The first-order valence-electron chi connectivity index (χ1n) is 9.45. The zero-order chi connectivity index (χ0) is 18.5. The average Bonchev–Trinajstić information content (AvgIpc) is 2.67. The number of methoxy groups -OCH3 is 1. The van der Waals surface area contributed by atoms with Crippen LogP contribution in [-0.4, -0.2) is 74.7 Å². The molecule has 3 aliphatic rings. The van der Waals surface area contributed by atoms with Crippen LogP contribution in [-0.2, 0) is 0 Å². The fourth-order valence-corrected chi connectivity index (χ4v) is 3.65. The maximum atomic E-state index is 14.0. The molecule has 0 aromatic heterocycles. The molecule has 0 aliphatic carbocycles. The van der Waals surface area contributed by atoms with Gasteiger partial charge < -0.3 is 15.4 Å². The van der Waals surface area contributed by atoms with Crippen LogP contribution in [0.2, 0.25) is 0 Å². The highest BCUT2D eigenvalue weighted by Gasteiger charge is 2.31. The summed E-state index contributed by atoms with van der Waals surface area (Å²) in [7, 11) is 1.47. The van der Waals surface area contributed by atoms with Gasteiger partial charge in [0.15, 0.2) is 17.5 Å². The largest absolute Gasteiger partial charge is 0.494 e. The third-order valence-electron chi connectivity index (χ3n) is 5.23. The highest BCUT2D eigenvalue weighted by atomic mass is 19.1. The van der Waals surface area contributed by atoms with E-state index in [0.29, 0.717) is 6.04 Å². The van der Waals surface area contributed by atoms with Crippen LogP contribution in [0.1, 0.15) is 25.5 Å². The van der Waals surface area contributed by atoms with Gasteiger partial charge in [-0.15, -0.1) is 0 Å². The Bertz CT molecular complexity index is 630. The van der Waals surface area contributed by atoms with Crippen molar-refractivity contribution in [1.82, 2.24) is 20.4 Å². The molecule has 3 heterocycles. The number of benzene rings is 1. The van der Waals surface area contributed by atoms with Crippen molar-refractivity contribution in [2.45, 2.75) is 25.9 Å². The quantitative estimate of drug-likeness (QED) is 0.592. The molecule has 3 saturated heterocycles. The standard InChI is InChI=1S/C19H30FN5O/c1-4-21-19(22-12-16-13-24-7-9-25(16)10-8-24)23-14(2)15-5-6-18(26-3)17(20)11-15/h5-6,11,14,16H,4,7-10,12-13H2,1-3H3,(H2,21,22,23). The monoisotopic (exact) mass is 363 g/mol. The molecular weight excluding hydrogens is 333 g/mol. The summed E-state index contributed by atoms with van der Waals surface area (Å²) in [5.41, 5.74) is 0.862. The number of aliphatic imine (C=N–C) groups is 1. The Hall–Kier alpha value is -1.86. The Morgan fingerprint density at radius 3 is 2.69 bits per heavy atom. The molecule has 3 aliphatic heterocycles. The first-order chi connectivity index (χ1) is 12.6. The summed E-state index contributed by atoms with van der Waals surface area (Å²) in [6, 6.07) is 5.48. The Labute approximate surface area is 155 Å². The lowest BCUT2D eigenvalue weighted by Gasteiger charge is -2.47. The summed E-state index contributed by atoms with van der Waals surface area (Å²) in [4.78, 5) is 9.84. The van der Waals surface area contributed by atoms with Crippen LogP contribution in [0.5, 0.6) is 5.75 Å². The van der Waals surface area contributed by atoms with Gasteiger partial charge in [0, 0.05) is 45.3 Å². The third kappa shape index (κ3) is 4.45. The number of hydrogen-bond donors (Lipinski definition) is 2. The van der Waals surface area contributed by atoms with E-state index in [1.54, 1.807) is 6.07 Å². The van der Waals surface area contributed by atoms with Crippen LogP contribution in [0.25, 0.3) is 0 Å². The van der Waals surface area contributed by atoms with Crippen molar-refractivity contribution in [3.63, 3.8) is 0 Å². The van der Waals surface area contributed by atoms with Crippen molar-refractivity contribution >= 4 is 5.96 Å². The van der Waals surface area contributed by atoms with Crippen LogP contribution >= 0.6 is 0 Å². The minimum Gasteiger partial charge on any atom is -0.494 e. The van der Waals surface area contributed by atoms with E-state index in [2.05, 4.69) is 20.4 Å². The molecule has 2 unspecified atom stereocenters. The number of ether oxygens (including phenoxy) is 1. The zero-order valence-electron chi connectivity index (χ0n) is 16.0. The number of hydrogen-bond acceptors (Lipinski definition) is 4. The third-order valence-corrected chi connectivity index (χ3v) is 5.23.